The summed E-state index contributed by atoms with van der Waals surface area (Å²) in [6, 6.07) is -4.39. The number of primary sulfonamides is 1. The minimum absolute atomic E-state index is 1.52. The maximum atomic E-state index is 13.7. The molecular weight excluding hydrogens is 1040 g/mol. The van der Waals surface area contributed by atoms with E-state index >= 15 is 0 Å². The number of carbonyl (C=O) groups excluding carboxylic acids is 2. The molecule has 0 aliphatic rings. The number of rotatable bonds is 12. The molecule has 0 saturated heterocycles. The molecule has 0 aromatic heterocycles. The van der Waals surface area contributed by atoms with Gasteiger partial charge in [-0.1, -0.05) is 0 Å². The van der Waals surface area contributed by atoms with Crippen LogP contribution in [0.5, 0.6) is 0 Å². The van der Waals surface area contributed by atoms with Gasteiger partial charge in [-0.25, -0.2) is 22.0 Å². The van der Waals surface area contributed by atoms with Crippen LogP contribution >= 0.6 is 0 Å². The molecule has 44 heteroatoms. The Balaban J connectivity index is -0.000000927. The van der Waals surface area contributed by atoms with Crippen LogP contribution in [-0.4, -0.2) is 118 Å². The molecular formula is C17H4F33NO8S2. The first kappa shape index (κ1) is 62.1. The van der Waals surface area contributed by atoms with Gasteiger partial charge in [0.25, 0.3) is 10.0 Å². The van der Waals surface area contributed by atoms with Crippen LogP contribution in [0.4, 0.5) is 145 Å². The van der Waals surface area contributed by atoms with Crippen molar-refractivity contribution in [2.75, 3.05) is 5.75 Å². The molecule has 368 valence electrons. The van der Waals surface area contributed by atoms with Crippen molar-refractivity contribution < 1.29 is 181 Å². The summed E-state index contributed by atoms with van der Waals surface area (Å²) in [5, 5.41) is -9.37. The number of nitrogens with two attached hydrogens (primary N) is 1. The highest BCUT2D eigenvalue weighted by atomic mass is 32.2. The van der Waals surface area contributed by atoms with Crippen molar-refractivity contribution >= 4 is 31.7 Å². The molecule has 0 aliphatic heterocycles. The molecule has 2 atom stereocenters. The molecule has 0 aromatic carbocycles. The Morgan fingerprint density at radius 2 is 0.639 bits per heavy atom. The van der Waals surface area contributed by atoms with Crippen molar-refractivity contribution in [2.45, 2.75) is 83.3 Å². The van der Waals surface area contributed by atoms with E-state index < -0.39 is 121 Å². The number of hydrogen-bond donors (Lipinski definition) is 1. The standard InChI is InChI=1S/C9H2F16O4S.C6F12O2.C2H2F5NO2S/c10-3(5(13,14)15,29-8(22,23)4(11,12)6(16,17)18)2(26)1-30(27,28)9(24,25)7(19,20)21;7-1(19)2(8,4(11,12)13)20-6(17,18)3(9,10)5(14,15)16;3-1(4,5)2(6,7)11(8,9)10/h1H2;;(H2,8,9,10). The lowest BCUT2D eigenvalue weighted by Crippen LogP contribution is -2.62. The molecule has 0 spiro atoms. The van der Waals surface area contributed by atoms with E-state index in [4.69, 9.17) is 0 Å². The Kier molecular flexibility index (Phi) is 17.4. The SMILES string of the molecule is NS(=O)(=O)C(F)(F)C(F)(F)F.O=C(CS(=O)(=O)C(F)(F)C(F)(F)F)C(F)(OC(F)(F)C(F)(F)C(F)(F)F)C(F)(F)F.O=C(F)C(F)(OC(F)(F)C(F)(F)C(F)(F)F)C(F)(F)F. The number of ketones is 1. The minimum Gasteiger partial charge on any atom is -0.292 e. The van der Waals surface area contributed by atoms with E-state index in [0.29, 0.717) is 0 Å². The predicted molar refractivity (Wildman–Crippen MR) is 114 cm³/mol. The fourth-order valence-corrected chi connectivity index (χ4v) is 3.37. The smallest absolute Gasteiger partial charge is 0.292 e. The average Bonchev–Trinajstić information content (AvgIpc) is 2.92. The Hall–Kier alpha value is -3.19. The van der Waals surface area contributed by atoms with E-state index in [0.717, 1.165) is 0 Å². The first-order valence-corrected chi connectivity index (χ1v) is 15.1. The van der Waals surface area contributed by atoms with Gasteiger partial charge in [-0.3, -0.25) is 19.1 Å². The molecule has 0 fully saturated rings. The summed E-state index contributed by atoms with van der Waals surface area (Å²) in [6.45, 7) is 0. The third-order valence-electron chi connectivity index (χ3n) is 5.05. The van der Waals surface area contributed by atoms with Crippen molar-refractivity contribution in [1.29, 1.82) is 0 Å². The number of halogens is 33. The first-order chi connectivity index (χ1) is 25.5. The number of sulfonamides is 1. The summed E-state index contributed by atoms with van der Waals surface area (Å²) in [5.41, 5.74) is 0. The van der Waals surface area contributed by atoms with Crippen molar-refractivity contribution in [3.8, 4) is 0 Å². The zero-order valence-corrected chi connectivity index (χ0v) is 27.5. The third kappa shape index (κ3) is 12.7. The summed E-state index contributed by atoms with van der Waals surface area (Å²) < 4.78 is 442. The van der Waals surface area contributed by atoms with Gasteiger partial charge in [0.15, 0.2) is 0 Å². The lowest BCUT2D eigenvalue weighted by molar-refractivity contribution is -0.473. The van der Waals surface area contributed by atoms with Gasteiger partial charge in [-0.15, -0.1) is 0 Å². The topological polar surface area (TPSA) is 147 Å². The van der Waals surface area contributed by atoms with E-state index in [1.165, 1.54) is 4.74 Å². The Bertz CT molecular complexity index is 1770. The molecule has 2 unspecified atom stereocenters. The molecule has 2 N–H and O–H groups in total. The van der Waals surface area contributed by atoms with E-state index in [9.17, 15) is 171 Å². The van der Waals surface area contributed by atoms with Crippen LogP contribution in [0.25, 0.3) is 0 Å². The molecule has 9 nitrogen and oxygen atoms in total. The third-order valence-corrected chi connectivity index (χ3v) is 7.65. The van der Waals surface area contributed by atoms with Crippen LogP contribution in [0.15, 0.2) is 0 Å². The predicted octanol–water partition coefficient (Wildman–Crippen LogP) is 8.11. The summed E-state index contributed by atoms with van der Waals surface area (Å²) in [4.78, 5) is 20.6. The number of ether oxygens (including phenoxy) is 2. The highest BCUT2D eigenvalue weighted by Gasteiger charge is 2.81. The second-order valence-corrected chi connectivity index (χ2v) is 13.2. The zero-order chi connectivity index (χ0) is 51.3. The molecule has 0 saturated carbocycles. The summed E-state index contributed by atoms with van der Waals surface area (Å²) in [6.07, 6.45) is -57.2. The summed E-state index contributed by atoms with van der Waals surface area (Å²) in [5.74, 6) is -37.2. The Morgan fingerprint density at radius 3 is 0.803 bits per heavy atom. The van der Waals surface area contributed by atoms with E-state index in [1.54, 1.807) is 4.74 Å². The molecule has 61 heavy (non-hydrogen) atoms. The van der Waals surface area contributed by atoms with Crippen molar-refractivity contribution in [2.24, 2.45) is 5.14 Å². The van der Waals surface area contributed by atoms with Gasteiger partial charge in [0.05, 0.1) is 0 Å². The van der Waals surface area contributed by atoms with Crippen LogP contribution in [0.1, 0.15) is 0 Å². The fraction of sp³-hybridized carbons (Fsp3) is 0.882. The fourth-order valence-electron chi connectivity index (χ4n) is 1.99. The molecule has 0 bridgehead atoms. The molecule has 0 radical (unpaired) electrons. The van der Waals surface area contributed by atoms with Crippen molar-refractivity contribution in [3.05, 3.63) is 0 Å². The van der Waals surface area contributed by atoms with E-state index in [2.05, 4.69) is 5.14 Å². The summed E-state index contributed by atoms with van der Waals surface area (Å²) in [7, 11) is -13.5. The lowest BCUT2D eigenvalue weighted by atomic mass is 10.2. The monoisotopic (exact) mass is 1040 g/mol. The first-order valence-electron chi connectivity index (χ1n) is 11.9. The van der Waals surface area contributed by atoms with E-state index in [1.807, 2.05) is 0 Å². The maximum Gasteiger partial charge on any atom is 0.470 e. The Labute approximate surface area is 307 Å². The molecule has 0 amide bonds. The lowest BCUT2D eigenvalue weighted by Gasteiger charge is -2.34. The minimum atomic E-state index is -7.68. The molecule has 0 aromatic rings. The number of sulfone groups is 1. The van der Waals surface area contributed by atoms with Crippen LogP contribution < -0.4 is 5.14 Å². The van der Waals surface area contributed by atoms with Gasteiger partial charge in [0, 0.05) is 0 Å². The second kappa shape index (κ2) is 17.1. The van der Waals surface area contributed by atoms with Crippen molar-refractivity contribution in [3.63, 3.8) is 0 Å². The highest BCUT2D eigenvalue weighted by molar-refractivity contribution is 7.93. The average molecular weight is 1040 g/mol. The van der Waals surface area contributed by atoms with Crippen molar-refractivity contribution in [1.82, 2.24) is 0 Å². The van der Waals surface area contributed by atoms with E-state index in [-0.39, 0.29) is 0 Å². The molecule has 0 rings (SSSR count). The van der Waals surface area contributed by atoms with Crippen LogP contribution in [-0.2, 0) is 38.9 Å². The largest absolute Gasteiger partial charge is 0.470 e. The highest BCUT2D eigenvalue weighted by Crippen LogP contribution is 2.53. The second-order valence-electron chi connectivity index (χ2n) is 9.60. The van der Waals surface area contributed by atoms with Gasteiger partial charge in [0.2, 0.25) is 15.6 Å². The van der Waals surface area contributed by atoms with Crippen LogP contribution in [0.3, 0.4) is 0 Å². The zero-order valence-electron chi connectivity index (χ0n) is 25.8. The van der Waals surface area contributed by atoms with Gasteiger partial charge < -0.3 is 0 Å². The maximum absolute atomic E-state index is 13.7. The quantitative estimate of drug-likeness (QED) is 0.153. The van der Waals surface area contributed by atoms with Crippen LogP contribution in [0.2, 0.25) is 0 Å². The van der Waals surface area contributed by atoms with Gasteiger partial charge >= 0.3 is 89.4 Å². The van der Waals surface area contributed by atoms with Gasteiger partial charge in [-0.2, -0.15) is 145 Å². The number of hydrogen-bond acceptors (Lipinski definition) is 8. The number of alkyl halides is 32. The number of Topliss-reactive ketones (excluding diaryl/α,β-unsaturated/α-hetero) is 1. The Morgan fingerprint density at radius 1 is 0.393 bits per heavy atom. The van der Waals surface area contributed by atoms with Gasteiger partial charge in [0.1, 0.15) is 5.75 Å². The summed E-state index contributed by atoms with van der Waals surface area (Å²) >= 11 is 0. The van der Waals surface area contributed by atoms with Gasteiger partial charge in [-0.05, 0) is 0 Å². The molecule has 0 aliphatic carbocycles. The molecule has 0 heterocycles. The normalized spacial score (nSPS) is 17.2. The number of carbonyl (C=O) groups is 2. The van der Waals surface area contributed by atoms with Crippen LogP contribution in [0, 0.1) is 0 Å².